The zero-order chi connectivity index (χ0) is 25.1. The summed E-state index contributed by atoms with van der Waals surface area (Å²) in [6.45, 7) is 0. The van der Waals surface area contributed by atoms with E-state index in [1.165, 1.54) is 5.56 Å². The Morgan fingerprint density at radius 1 is 0.649 bits per heavy atom. The van der Waals surface area contributed by atoms with Crippen molar-refractivity contribution in [1.82, 2.24) is 20.2 Å². The zero-order valence-electron chi connectivity index (χ0n) is 20.6. The number of tetrazole rings is 1. The summed E-state index contributed by atoms with van der Waals surface area (Å²) < 4.78 is 0. The predicted octanol–water partition coefficient (Wildman–Crippen LogP) is 6.41. The molecule has 182 valence electrons. The van der Waals surface area contributed by atoms with Gasteiger partial charge in [0.15, 0.2) is 5.54 Å². The van der Waals surface area contributed by atoms with Crippen molar-refractivity contribution in [3.63, 3.8) is 0 Å². The van der Waals surface area contributed by atoms with E-state index in [-0.39, 0.29) is 0 Å². The van der Waals surface area contributed by atoms with Crippen molar-refractivity contribution < 1.29 is 4.79 Å². The summed E-state index contributed by atoms with van der Waals surface area (Å²) >= 11 is 0. The van der Waals surface area contributed by atoms with Gasteiger partial charge in [-0.15, -0.1) is 15.0 Å². The van der Waals surface area contributed by atoms with Crippen molar-refractivity contribution >= 4 is 5.78 Å². The molecule has 0 spiro atoms. The Morgan fingerprint density at radius 3 is 1.68 bits per heavy atom. The summed E-state index contributed by atoms with van der Waals surface area (Å²) in [5, 5.41) is 14.4. The van der Waals surface area contributed by atoms with Crippen LogP contribution in [0.1, 0.15) is 53.9 Å². The van der Waals surface area contributed by atoms with Crippen LogP contribution in [0.25, 0.3) is 11.4 Å². The summed E-state index contributed by atoms with van der Waals surface area (Å²) in [7, 11) is 0. The van der Waals surface area contributed by atoms with Crippen LogP contribution in [0.3, 0.4) is 0 Å². The average Bonchev–Trinajstić information content (AvgIpc) is 3.46. The molecule has 0 radical (unpaired) electrons. The molecule has 1 aliphatic carbocycles. The molecule has 0 amide bonds. The summed E-state index contributed by atoms with van der Waals surface area (Å²) in [5.74, 6) is 1.28. The van der Waals surface area contributed by atoms with Crippen LogP contribution in [0.4, 0.5) is 0 Å². The Hall–Kier alpha value is -4.38. The fourth-order valence-corrected chi connectivity index (χ4v) is 5.66. The third kappa shape index (κ3) is 4.16. The third-order valence-corrected chi connectivity index (χ3v) is 7.47. The van der Waals surface area contributed by atoms with Crippen molar-refractivity contribution in [2.45, 2.75) is 37.1 Å². The topological polar surface area (TPSA) is 60.7 Å². The number of benzene rings is 4. The maximum absolute atomic E-state index is 11.9. The van der Waals surface area contributed by atoms with Gasteiger partial charge in [0.05, 0.1) is 0 Å². The molecule has 1 aliphatic rings. The van der Waals surface area contributed by atoms with Crippen molar-refractivity contribution in [3.05, 3.63) is 138 Å². The van der Waals surface area contributed by atoms with Gasteiger partial charge in [0.25, 0.3) is 0 Å². The summed E-state index contributed by atoms with van der Waals surface area (Å²) in [4.78, 5) is 13.6. The molecule has 0 saturated heterocycles. The van der Waals surface area contributed by atoms with E-state index in [0.717, 1.165) is 35.1 Å². The first-order valence-corrected chi connectivity index (χ1v) is 12.8. The fourth-order valence-electron chi connectivity index (χ4n) is 5.66. The number of hydrogen-bond donors (Lipinski definition) is 0. The lowest BCUT2D eigenvalue weighted by Gasteiger charge is -2.34. The van der Waals surface area contributed by atoms with Crippen LogP contribution in [0.5, 0.6) is 0 Å². The van der Waals surface area contributed by atoms with Crippen molar-refractivity contribution in [3.8, 4) is 11.4 Å². The molecule has 0 bridgehead atoms. The van der Waals surface area contributed by atoms with E-state index >= 15 is 0 Å². The van der Waals surface area contributed by atoms with E-state index in [1.54, 1.807) is 4.80 Å². The molecule has 0 atom stereocenters. The van der Waals surface area contributed by atoms with Crippen LogP contribution in [0, 0.1) is 0 Å². The van der Waals surface area contributed by atoms with Crippen molar-refractivity contribution in [1.29, 1.82) is 0 Å². The number of Topliss-reactive ketones (excluding diaryl/α,β-unsaturated/α-hetero) is 1. The molecule has 5 heteroatoms. The highest BCUT2D eigenvalue weighted by molar-refractivity contribution is 5.79. The normalized spacial score (nSPS) is 14.5. The number of nitrogens with zero attached hydrogens (tertiary/aromatic N) is 4. The second-order valence-corrected chi connectivity index (χ2v) is 9.61. The van der Waals surface area contributed by atoms with Gasteiger partial charge in [-0.25, -0.2) is 0 Å². The van der Waals surface area contributed by atoms with Gasteiger partial charge in [0.2, 0.25) is 5.82 Å². The van der Waals surface area contributed by atoms with Gasteiger partial charge in [-0.05, 0) is 46.2 Å². The molecule has 1 aromatic heterocycles. The van der Waals surface area contributed by atoms with Crippen molar-refractivity contribution in [2.24, 2.45) is 0 Å². The summed E-state index contributed by atoms with van der Waals surface area (Å²) in [5.41, 5.74) is 4.53. The van der Waals surface area contributed by atoms with E-state index in [4.69, 9.17) is 10.3 Å². The maximum atomic E-state index is 11.9. The Labute approximate surface area is 216 Å². The SMILES string of the molecule is O=C1CCC(c2ccccc2-c2nnn(C(c3ccccc3)(c3ccccc3)c3ccccc3)n2)CC1. The van der Waals surface area contributed by atoms with E-state index in [0.29, 0.717) is 30.4 Å². The molecule has 1 saturated carbocycles. The lowest BCUT2D eigenvalue weighted by atomic mass is 9.77. The molecule has 0 unspecified atom stereocenters. The first-order chi connectivity index (χ1) is 18.3. The average molecular weight is 485 g/mol. The standard InChI is InChI=1S/C32H28N4O/c37-28-22-20-24(21-23-28)29-18-10-11-19-30(29)31-33-35-36(34-31)32(25-12-4-1-5-13-25,26-14-6-2-7-15-26)27-16-8-3-9-17-27/h1-19,24H,20-23H2. The monoisotopic (exact) mass is 484 g/mol. The highest BCUT2D eigenvalue weighted by Gasteiger charge is 2.41. The number of rotatable bonds is 6. The summed E-state index contributed by atoms with van der Waals surface area (Å²) in [6, 6.07) is 39.4. The lowest BCUT2D eigenvalue weighted by molar-refractivity contribution is -0.120. The minimum atomic E-state index is -0.804. The molecule has 4 aromatic carbocycles. The van der Waals surface area contributed by atoms with E-state index in [2.05, 4.69) is 59.7 Å². The van der Waals surface area contributed by atoms with E-state index < -0.39 is 5.54 Å². The molecule has 37 heavy (non-hydrogen) atoms. The van der Waals surface area contributed by atoms with Gasteiger partial charge in [-0.3, -0.25) is 4.79 Å². The molecule has 0 aliphatic heterocycles. The molecule has 5 aromatic rings. The van der Waals surface area contributed by atoms with Gasteiger partial charge >= 0.3 is 0 Å². The first kappa shape index (κ1) is 23.0. The first-order valence-electron chi connectivity index (χ1n) is 12.8. The zero-order valence-corrected chi connectivity index (χ0v) is 20.6. The fraction of sp³-hybridized carbons (Fsp3) is 0.188. The van der Waals surface area contributed by atoms with Crippen LogP contribution in [0.15, 0.2) is 115 Å². The Bertz CT molecular complexity index is 1390. The van der Waals surface area contributed by atoms with Gasteiger partial charge in [-0.1, -0.05) is 115 Å². The highest BCUT2D eigenvalue weighted by Crippen LogP contribution is 2.41. The molecule has 6 rings (SSSR count). The number of hydrogen-bond acceptors (Lipinski definition) is 4. The van der Waals surface area contributed by atoms with Gasteiger partial charge < -0.3 is 0 Å². The lowest BCUT2D eigenvalue weighted by Crippen LogP contribution is -2.39. The second-order valence-electron chi connectivity index (χ2n) is 9.61. The summed E-state index contributed by atoms with van der Waals surface area (Å²) in [6.07, 6.45) is 3.01. The number of ketones is 1. The molecule has 1 fully saturated rings. The number of aromatic nitrogens is 4. The third-order valence-electron chi connectivity index (χ3n) is 7.47. The van der Waals surface area contributed by atoms with Crippen molar-refractivity contribution in [2.75, 3.05) is 0 Å². The predicted molar refractivity (Wildman–Crippen MR) is 144 cm³/mol. The minimum Gasteiger partial charge on any atom is -0.300 e. The Morgan fingerprint density at radius 2 is 1.14 bits per heavy atom. The largest absolute Gasteiger partial charge is 0.300 e. The number of carbonyl (C=O) groups excluding carboxylic acids is 1. The smallest absolute Gasteiger partial charge is 0.205 e. The van der Waals surface area contributed by atoms with Crippen LogP contribution in [-0.4, -0.2) is 26.0 Å². The van der Waals surface area contributed by atoms with Crippen LogP contribution in [0.2, 0.25) is 0 Å². The van der Waals surface area contributed by atoms with Gasteiger partial charge in [0, 0.05) is 18.4 Å². The van der Waals surface area contributed by atoms with Crippen LogP contribution < -0.4 is 0 Å². The molecular weight excluding hydrogens is 456 g/mol. The molecule has 0 N–H and O–H groups in total. The maximum Gasteiger partial charge on any atom is 0.205 e. The van der Waals surface area contributed by atoms with Gasteiger partial charge in [-0.2, -0.15) is 0 Å². The minimum absolute atomic E-state index is 0.322. The van der Waals surface area contributed by atoms with E-state index in [9.17, 15) is 4.79 Å². The Balaban J connectivity index is 1.54. The number of carbonyl (C=O) groups is 1. The van der Waals surface area contributed by atoms with Gasteiger partial charge in [0.1, 0.15) is 5.78 Å². The van der Waals surface area contributed by atoms with Crippen LogP contribution >= 0.6 is 0 Å². The molecular formula is C32H28N4O. The van der Waals surface area contributed by atoms with Crippen LogP contribution in [-0.2, 0) is 10.3 Å². The second kappa shape index (κ2) is 9.94. The Kier molecular flexibility index (Phi) is 6.19. The quantitative estimate of drug-likeness (QED) is 0.261. The molecule has 1 heterocycles. The molecule has 5 nitrogen and oxygen atoms in total. The van der Waals surface area contributed by atoms with E-state index in [1.807, 2.05) is 60.7 Å². The highest BCUT2D eigenvalue weighted by atomic mass is 16.1.